The van der Waals surface area contributed by atoms with Gasteiger partial charge in [-0.15, -0.1) is 0 Å². The Balaban J connectivity index is 1.87. The predicted molar refractivity (Wildman–Crippen MR) is 118 cm³/mol. The van der Waals surface area contributed by atoms with Crippen LogP contribution in [0.3, 0.4) is 0 Å². The lowest BCUT2D eigenvalue weighted by atomic mass is 9.75. The van der Waals surface area contributed by atoms with Crippen molar-refractivity contribution in [3.63, 3.8) is 0 Å². The molecule has 3 rings (SSSR count). The Kier molecular flexibility index (Phi) is 7.58. The fourth-order valence-corrected chi connectivity index (χ4v) is 4.04. The van der Waals surface area contributed by atoms with E-state index < -0.39 is 11.3 Å². The number of nitrogens with zero attached hydrogens (tertiary/aromatic N) is 3. The Hall–Kier alpha value is -3.26. The van der Waals surface area contributed by atoms with Crippen LogP contribution in [-0.2, 0) is 31.0 Å². The molecular weight excluding hydrogens is 410 g/mol. The van der Waals surface area contributed by atoms with Gasteiger partial charge < -0.3 is 14.4 Å². The third-order valence-electron chi connectivity index (χ3n) is 5.86. The van der Waals surface area contributed by atoms with E-state index in [1.165, 1.54) is 19.1 Å². The van der Waals surface area contributed by atoms with Gasteiger partial charge in [-0.05, 0) is 18.2 Å². The van der Waals surface area contributed by atoms with E-state index in [0.717, 1.165) is 5.69 Å². The van der Waals surface area contributed by atoms with Crippen LogP contribution >= 0.6 is 0 Å². The van der Waals surface area contributed by atoms with Gasteiger partial charge in [0.15, 0.2) is 0 Å². The number of imide groups is 1. The van der Waals surface area contributed by atoms with Gasteiger partial charge in [0.2, 0.25) is 17.7 Å². The van der Waals surface area contributed by atoms with Crippen LogP contribution in [-0.4, -0.2) is 73.5 Å². The van der Waals surface area contributed by atoms with Crippen LogP contribution in [0.25, 0.3) is 0 Å². The van der Waals surface area contributed by atoms with Crippen LogP contribution in [0.2, 0.25) is 0 Å². The summed E-state index contributed by atoms with van der Waals surface area (Å²) in [7, 11) is 4.72. The lowest BCUT2D eigenvalue weighted by molar-refractivity contribution is -0.143. The van der Waals surface area contributed by atoms with Gasteiger partial charge in [-0.25, -0.2) is 0 Å². The van der Waals surface area contributed by atoms with Crippen LogP contribution in [0, 0.1) is 0 Å². The van der Waals surface area contributed by atoms with E-state index in [-0.39, 0.29) is 37.8 Å². The molecule has 1 aliphatic rings. The van der Waals surface area contributed by atoms with Crippen molar-refractivity contribution in [1.29, 1.82) is 0 Å². The SMILES string of the molecule is COCCN1C(=O)C[C@@](CC(=O)N(C)CCc2ccccn2)(c2ccccc2OC)C1=O. The Morgan fingerprint density at radius 2 is 1.91 bits per heavy atom. The molecule has 1 aromatic carbocycles. The first-order chi connectivity index (χ1) is 15.4. The fraction of sp³-hybridized carbons (Fsp3) is 0.417. The zero-order valence-electron chi connectivity index (χ0n) is 18.7. The average Bonchev–Trinajstić information content (AvgIpc) is 3.05. The molecule has 1 saturated heterocycles. The number of amides is 3. The summed E-state index contributed by atoms with van der Waals surface area (Å²) in [6, 6.07) is 12.7. The number of likely N-dealkylation sites (N-methyl/N-ethyl adjacent to an activating group) is 1. The first-order valence-corrected chi connectivity index (χ1v) is 10.5. The molecule has 170 valence electrons. The van der Waals surface area contributed by atoms with Crippen molar-refractivity contribution >= 4 is 17.7 Å². The second kappa shape index (κ2) is 10.4. The van der Waals surface area contributed by atoms with E-state index in [4.69, 9.17) is 9.47 Å². The van der Waals surface area contributed by atoms with Crippen molar-refractivity contribution in [3.05, 3.63) is 59.9 Å². The fourth-order valence-electron chi connectivity index (χ4n) is 4.04. The molecule has 0 spiro atoms. The van der Waals surface area contributed by atoms with Gasteiger partial charge in [0.1, 0.15) is 5.75 Å². The van der Waals surface area contributed by atoms with Gasteiger partial charge in [0, 0.05) is 57.4 Å². The van der Waals surface area contributed by atoms with Crippen LogP contribution in [0.1, 0.15) is 24.1 Å². The smallest absolute Gasteiger partial charge is 0.241 e. The molecule has 0 N–H and O–H groups in total. The number of methoxy groups -OCH3 is 2. The number of para-hydroxylation sites is 1. The van der Waals surface area contributed by atoms with Crippen LogP contribution in [0.5, 0.6) is 5.75 Å². The number of ether oxygens (including phenoxy) is 2. The number of pyridine rings is 1. The summed E-state index contributed by atoms with van der Waals surface area (Å²) < 4.78 is 10.6. The molecule has 2 heterocycles. The van der Waals surface area contributed by atoms with E-state index in [1.54, 1.807) is 42.4 Å². The Morgan fingerprint density at radius 1 is 1.16 bits per heavy atom. The van der Waals surface area contributed by atoms with E-state index >= 15 is 0 Å². The maximum atomic E-state index is 13.6. The normalized spacial score (nSPS) is 18.2. The van der Waals surface area contributed by atoms with Gasteiger partial charge in [-0.2, -0.15) is 0 Å². The summed E-state index contributed by atoms with van der Waals surface area (Å²) in [5.74, 6) is -0.454. The summed E-state index contributed by atoms with van der Waals surface area (Å²) in [5.41, 5.74) is 0.116. The number of aromatic nitrogens is 1. The Morgan fingerprint density at radius 3 is 2.59 bits per heavy atom. The van der Waals surface area contributed by atoms with Gasteiger partial charge in [0.05, 0.1) is 25.7 Å². The number of likely N-dealkylation sites (tertiary alicyclic amines) is 1. The molecule has 0 radical (unpaired) electrons. The number of carbonyl (C=O) groups excluding carboxylic acids is 3. The zero-order chi connectivity index (χ0) is 23.1. The minimum absolute atomic E-state index is 0.0876. The minimum atomic E-state index is -1.31. The van der Waals surface area contributed by atoms with Crippen LogP contribution in [0.4, 0.5) is 0 Å². The zero-order valence-corrected chi connectivity index (χ0v) is 18.7. The first-order valence-electron chi connectivity index (χ1n) is 10.5. The molecule has 2 aromatic rings. The number of hydrogen-bond acceptors (Lipinski definition) is 6. The third kappa shape index (κ3) is 4.80. The van der Waals surface area contributed by atoms with Crippen LogP contribution in [0.15, 0.2) is 48.7 Å². The van der Waals surface area contributed by atoms with Crippen molar-refractivity contribution in [2.45, 2.75) is 24.7 Å². The number of benzene rings is 1. The molecule has 0 unspecified atom stereocenters. The molecule has 32 heavy (non-hydrogen) atoms. The monoisotopic (exact) mass is 439 g/mol. The molecular formula is C24H29N3O5. The molecule has 1 atom stereocenters. The molecule has 3 amide bonds. The largest absolute Gasteiger partial charge is 0.496 e. The van der Waals surface area contributed by atoms with Gasteiger partial charge in [-0.1, -0.05) is 24.3 Å². The van der Waals surface area contributed by atoms with Crippen molar-refractivity contribution < 1.29 is 23.9 Å². The predicted octanol–water partition coefficient (Wildman–Crippen LogP) is 1.82. The van der Waals surface area contributed by atoms with E-state index in [9.17, 15) is 14.4 Å². The highest BCUT2D eigenvalue weighted by Crippen LogP contribution is 2.44. The van der Waals surface area contributed by atoms with Gasteiger partial charge in [0.25, 0.3) is 0 Å². The van der Waals surface area contributed by atoms with E-state index in [1.807, 2.05) is 18.2 Å². The van der Waals surface area contributed by atoms with Crippen molar-refractivity contribution in [2.75, 3.05) is 41.0 Å². The van der Waals surface area contributed by atoms with Gasteiger partial charge >= 0.3 is 0 Å². The van der Waals surface area contributed by atoms with Crippen molar-refractivity contribution in [2.24, 2.45) is 0 Å². The highest BCUT2D eigenvalue weighted by atomic mass is 16.5. The number of rotatable bonds is 10. The summed E-state index contributed by atoms with van der Waals surface area (Å²) in [5, 5.41) is 0. The number of carbonyl (C=O) groups is 3. The van der Waals surface area contributed by atoms with E-state index in [0.29, 0.717) is 24.3 Å². The van der Waals surface area contributed by atoms with Crippen molar-refractivity contribution in [3.8, 4) is 5.75 Å². The lowest BCUT2D eigenvalue weighted by Gasteiger charge is -2.30. The summed E-state index contributed by atoms with van der Waals surface area (Å²) in [6.45, 7) is 0.833. The molecule has 0 aliphatic carbocycles. The molecule has 1 aromatic heterocycles. The molecule has 1 aliphatic heterocycles. The maximum Gasteiger partial charge on any atom is 0.241 e. The van der Waals surface area contributed by atoms with E-state index in [2.05, 4.69) is 4.98 Å². The lowest BCUT2D eigenvalue weighted by Crippen LogP contribution is -2.44. The Labute approximate surface area is 188 Å². The van der Waals surface area contributed by atoms with Gasteiger partial charge in [-0.3, -0.25) is 24.3 Å². The number of hydrogen-bond donors (Lipinski definition) is 0. The highest BCUT2D eigenvalue weighted by Gasteiger charge is 2.55. The average molecular weight is 440 g/mol. The minimum Gasteiger partial charge on any atom is -0.496 e. The first kappa shape index (κ1) is 23.4. The molecule has 8 heteroatoms. The second-order valence-electron chi connectivity index (χ2n) is 7.87. The topological polar surface area (TPSA) is 89.0 Å². The standard InChI is InChI=1S/C24H29N3O5/c1-26(13-11-18-8-6-7-12-25-18)21(28)16-24(19-9-4-5-10-20(19)32-3)17-22(29)27(23(24)30)14-15-31-2/h4-10,12H,11,13-17H2,1-3H3/t24-/m0/s1. The molecule has 0 bridgehead atoms. The van der Waals surface area contributed by atoms with Crippen LogP contribution < -0.4 is 4.74 Å². The van der Waals surface area contributed by atoms with Crippen molar-refractivity contribution in [1.82, 2.24) is 14.8 Å². The highest BCUT2D eigenvalue weighted by molar-refractivity contribution is 6.11. The Bertz CT molecular complexity index is 965. The molecule has 8 nitrogen and oxygen atoms in total. The summed E-state index contributed by atoms with van der Waals surface area (Å²) >= 11 is 0. The second-order valence-corrected chi connectivity index (χ2v) is 7.87. The molecule has 0 saturated carbocycles. The summed E-state index contributed by atoms with van der Waals surface area (Å²) in [6.07, 6.45) is 2.10. The quantitative estimate of drug-likeness (QED) is 0.525. The summed E-state index contributed by atoms with van der Waals surface area (Å²) in [4.78, 5) is 46.7. The maximum absolute atomic E-state index is 13.6. The molecule has 1 fully saturated rings. The third-order valence-corrected chi connectivity index (χ3v) is 5.86.